The summed E-state index contributed by atoms with van der Waals surface area (Å²) >= 11 is 3.51. The van der Waals surface area contributed by atoms with Crippen molar-refractivity contribution in [2.24, 2.45) is 0 Å². The fourth-order valence-corrected chi connectivity index (χ4v) is 3.17. The Labute approximate surface area is 99.1 Å². The van der Waals surface area contributed by atoms with E-state index >= 15 is 0 Å². The normalized spacial score (nSPS) is 29.3. The van der Waals surface area contributed by atoms with Gasteiger partial charge in [-0.05, 0) is 25.7 Å². The second-order valence-corrected chi connectivity index (χ2v) is 5.17. The van der Waals surface area contributed by atoms with Gasteiger partial charge in [0.2, 0.25) is 5.91 Å². The molecule has 1 heterocycles. The smallest absolute Gasteiger partial charge is 0.249 e. The van der Waals surface area contributed by atoms with E-state index in [1.807, 2.05) is 0 Å². The van der Waals surface area contributed by atoms with Crippen molar-refractivity contribution in [2.45, 2.75) is 50.2 Å². The van der Waals surface area contributed by atoms with Crippen LogP contribution in [0.3, 0.4) is 0 Å². The summed E-state index contributed by atoms with van der Waals surface area (Å²) < 4.78 is 5.39. The monoisotopic (exact) mass is 275 g/mol. The van der Waals surface area contributed by atoms with Gasteiger partial charge in [0.05, 0.1) is 0 Å². The van der Waals surface area contributed by atoms with Crippen LogP contribution in [0, 0.1) is 0 Å². The summed E-state index contributed by atoms with van der Waals surface area (Å²) in [6, 6.07) is 0. The Kier molecular flexibility index (Phi) is 3.67. The van der Waals surface area contributed by atoms with Crippen molar-refractivity contribution in [2.75, 3.05) is 11.9 Å². The number of carbonyl (C=O) groups is 1. The molecule has 1 N–H and O–H groups in total. The van der Waals surface area contributed by atoms with Crippen molar-refractivity contribution in [1.29, 1.82) is 0 Å². The molecule has 1 saturated heterocycles. The largest absolute Gasteiger partial charge is 0.368 e. The van der Waals surface area contributed by atoms with Crippen molar-refractivity contribution < 1.29 is 9.53 Å². The van der Waals surface area contributed by atoms with E-state index in [1.165, 1.54) is 12.8 Å². The highest BCUT2D eigenvalue weighted by Crippen LogP contribution is 2.31. The van der Waals surface area contributed by atoms with Crippen LogP contribution in [0.5, 0.6) is 0 Å². The van der Waals surface area contributed by atoms with E-state index in [0.717, 1.165) is 37.6 Å². The lowest BCUT2D eigenvalue weighted by Crippen LogP contribution is -2.51. The highest BCUT2D eigenvalue weighted by Gasteiger charge is 2.36. The number of carbonyl (C=O) groups excluding carboxylic acids is 1. The molecule has 4 heteroatoms. The van der Waals surface area contributed by atoms with Gasteiger partial charge >= 0.3 is 0 Å². The van der Waals surface area contributed by atoms with Crippen molar-refractivity contribution in [3.8, 4) is 0 Å². The molecule has 0 radical (unpaired) electrons. The third kappa shape index (κ3) is 2.53. The number of amides is 1. The van der Waals surface area contributed by atoms with Gasteiger partial charge in [-0.1, -0.05) is 28.8 Å². The van der Waals surface area contributed by atoms with Gasteiger partial charge in [-0.2, -0.15) is 0 Å². The first kappa shape index (κ1) is 11.4. The molecule has 1 amide bonds. The molecule has 3 nitrogen and oxygen atoms in total. The lowest BCUT2D eigenvalue weighted by molar-refractivity contribution is -0.131. The Bertz CT molecular complexity index is 233. The summed E-state index contributed by atoms with van der Waals surface area (Å²) in [5, 5.41) is 4.03. The van der Waals surface area contributed by atoms with Gasteiger partial charge in [0, 0.05) is 17.5 Å². The number of ether oxygens (including phenoxy) is 1. The Hall–Kier alpha value is -0.0900. The van der Waals surface area contributed by atoms with E-state index in [-0.39, 0.29) is 17.6 Å². The highest BCUT2D eigenvalue weighted by molar-refractivity contribution is 9.09. The minimum Gasteiger partial charge on any atom is -0.368 e. The Morgan fingerprint density at radius 1 is 1.40 bits per heavy atom. The van der Waals surface area contributed by atoms with E-state index in [9.17, 15) is 4.79 Å². The average Bonchev–Trinajstić information content (AvgIpc) is 2.88. The first-order valence-electron chi connectivity index (χ1n) is 5.75. The van der Waals surface area contributed by atoms with E-state index in [1.54, 1.807) is 0 Å². The van der Waals surface area contributed by atoms with Gasteiger partial charge in [0.15, 0.2) is 0 Å². The van der Waals surface area contributed by atoms with Crippen LogP contribution in [-0.2, 0) is 9.53 Å². The summed E-state index contributed by atoms with van der Waals surface area (Å²) in [5.74, 6) is 0.0915. The molecular weight excluding hydrogens is 258 g/mol. The lowest BCUT2D eigenvalue weighted by Gasteiger charge is -2.29. The first-order valence-corrected chi connectivity index (χ1v) is 6.87. The van der Waals surface area contributed by atoms with Crippen LogP contribution in [0.2, 0.25) is 0 Å². The molecule has 0 aromatic heterocycles. The summed E-state index contributed by atoms with van der Waals surface area (Å²) in [7, 11) is 0. The average molecular weight is 276 g/mol. The Balaban J connectivity index is 1.91. The summed E-state index contributed by atoms with van der Waals surface area (Å²) in [4.78, 5) is 11.9. The quantitative estimate of drug-likeness (QED) is 0.800. The number of nitrogens with one attached hydrogen (secondary N) is 1. The third-order valence-corrected chi connectivity index (χ3v) is 4.50. The molecule has 0 aromatic carbocycles. The van der Waals surface area contributed by atoms with Gasteiger partial charge in [0.1, 0.15) is 6.10 Å². The van der Waals surface area contributed by atoms with Crippen molar-refractivity contribution >= 4 is 21.8 Å². The zero-order valence-corrected chi connectivity index (χ0v) is 10.5. The van der Waals surface area contributed by atoms with Crippen LogP contribution in [0.25, 0.3) is 0 Å². The van der Waals surface area contributed by atoms with Crippen LogP contribution in [0.15, 0.2) is 0 Å². The number of hydrogen-bond acceptors (Lipinski definition) is 2. The maximum absolute atomic E-state index is 11.9. The fraction of sp³-hybridized carbons (Fsp3) is 0.909. The predicted octanol–water partition coefficient (Wildman–Crippen LogP) is 1.99. The number of halogens is 1. The van der Waals surface area contributed by atoms with Gasteiger partial charge in [-0.25, -0.2) is 0 Å². The molecule has 1 aliphatic carbocycles. The zero-order chi connectivity index (χ0) is 10.7. The van der Waals surface area contributed by atoms with Gasteiger partial charge in [-0.3, -0.25) is 4.79 Å². The standard InChI is InChI=1S/C11H18BrNO2/c12-8-11(5-1-2-6-11)13-10(14)9-4-3-7-15-9/h9H,1-8H2,(H,13,14). The Morgan fingerprint density at radius 3 is 2.67 bits per heavy atom. The number of alkyl halides is 1. The van der Waals surface area contributed by atoms with E-state index in [2.05, 4.69) is 21.2 Å². The second-order valence-electron chi connectivity index (χ2n) is 4.61. The predicted molar refractivity (Wildman–Crippen MR) is 62.1 cm³/mol. The molecular formula is C11H18BrNO2. The first-order chi connectivity index (χ1) is 7.26. The minimum absolute atomic E-state index is 0.00301. The van der Waals surface area contributed by atoms with E-state index < -0.39 is 0 Å². The topological polar surface area (TPSA) is 38.3 Å². The maximum Gasteiger partial charge on any atom is 0.249 e. The van der Waals surface area contributed by atoms with Gasteiger partial charge < -0.3 is 10.1 Å². The molecule has 86 valence electrons. The zero-order valence-electron chi connectivity index (χ0n) is 8.93. The summed E-state index contributed by atoms with van der Waals surface area (Å²) in [6.45, 7) is 0.736. The van der Waals surface area contributed by atoms with Crippen LogP contribution in [-0.4, -0.2) is 29.5 Å². The minimum atomic E-state index is -0.193. The summed E-state index contributed by atoms with van der Waals surface area (Å²) in [6.07, 6.45) is 6.33. The lowest BCUT2D eigenvalue weighted by atomic mass is 10.00. The molecule has 2 aliphatic rings. The molecule has 0 bridgehead atoms. The van der Waals surface area contributed by atoms with Crippen molar-refractivity contribution in [1.82, 2.24) is 5.32 Å². The van der Waals surface area contributed by atoms with Crippen LogP contribution in [0.1, 0.15) is 38.5 Å². The molecule has 1 saturated carbocycles. The number of hydrogen-bond donors (Lipinski definition) is 1. The SMILES string of the molecule is O=C(NC1(CBr)CCCC1)C1CCCO1. The molecule has 0 spiro atoms. The van der Waals surface area contributed by atoms with Crippen LogP contribution in [0.4, 0.5) is 0 Å². The molecule has 1 unspecified atom stereocenters. The third-order valence-electron chi connectivity index (χ3n) is 3.43. The molecule has 0 aromatic rings. The molecule has 2 rings (SSSR count). The molecule has 2 fully saturated rings. The summed E-state index contributed by atoms with van der Waals surface area (Å²) in [5.41, 5.74) is 0.00301. The molecule has 1 atom stereocenters. The van der Waals surface area contributed by atoms with Gasteiger partial charge in [0.25, 0.3) is 0 Å². The molecule has 15 heavy (non-hydrogen) atoms. The fourth-order valence-electron chi connectivity index (χ4n) is 2.47. The van der Waals surface area contributed by atoms with Crippen LogP contribution >= 0.6 is 15.9 Å². The van der Waals surface area contributed by atoms with Gasteiger partial charge in [-0.15, -0.1) is 0 Å². The Morgan fingerprint density at radius 2 is 2.13 bits per heavy atom. The maximum atomic E-state index is 11.9. The van der Waals surface area contributed by atoms with Crippen molar-refractivity contribution in [3.63, 3.8) is 0 Å². The van der Waals surface area contributed by atoms with E-state index in [4.69, 9.17) is 4.74 Å². The van der Waals surface area contributed by atoms with E-state index in [0.29, 0.717) is 0 Å². The number of rotatable bonds is 3. The second kappa shape index (κ2) is 4.83. The molecule has 1 aliphatic heterocycles. The highest BCUT2D eigenvalue weighted by atomic mass is 79.9. The van der Waals surface area contributed by atoms with Crippen molar-refractivity contribution in [3.05, 3.63) is 0 Å². The van der Waals surface area contributed by atoms with Crippen LogP contribution < -0.4 is 5.32 Å².